The molecule has 2 aromatic heterocycles. The number of hydrogen-bond donors (Lipinski definition) is 1. The lowest BCUT2D eigenvalue weighted by Crippen LogP contribution is -2.15. The van der Waals surface area contributed by atoms with Gasteiger partial charge in [0, 0.05) is 22.0 Å². The molecular weight excluding hydrogens is 300 g/mol. The van der Waals surface area contributed by atoms with Gasteiger partial charge in [-0.15, -0.1) is 11.3 Å². The summed E-state index contributed by atoms with van der Waals surface area (Å²) in [4.78, 5) is 16.6. The van der Waals surface area contributed by atoms with Gasteiger partial charge in [0.1, 0.15) is 5.01 Å². The molecule has 1 aromatic carbocycles. The van der Waals surface area contributed by atoms with E-state index in [1.165, 1.54) is 0 Å². The number of nitrogens with one attached hydrogen (secondary N) is 1. The number of thiophene rings is 1. The van der Waals surface area contributed by atoms with Crippen LogP contribution in [0.5, 0.6) is 0 Å². The summed E-state index contributed by atoms with van der Waals surface area (Å²) < 4.78 is 0. The van der Waals surface area contributed by atoms with Gasteiger partial charge in [-0.05, 0) is 30.0 Å². The average molecular weight is 314 g/mol. The third kappa shape index (κ3) is 3.37. The smallest absolute Gasteiger partial charge is 0.230 e. The van der Waals surface area contributed by atoms with E-state index in [4.69, 9.17) is 0 Å². The van der Waals surface area contributed by atoms with Gasteiger partial charge in [0.15, 0.2) is 0 Å². The Morgan fingerprint density at radius 1 is 1.24 bits per heavy atom. The van der Waals surface area contributed by atoms with Crippen LogP contribution in [0, 0.1) is 6.92 Å². The molecule has 1 N–H and O–H groups in total. The van der Waals surface area contributed by atoms with Crippen molar-refractivity contribution >= 4 is 34.3 Å². The number of nitrogens with zero attached hydrogens (tertiary/aromatic N) is 1. The molecule has 2 heterocycles. The number of rotatable bonds is 4. The molecule has 0 spiro atoms. The lowest BCUT2D eigenvalue weighted by molar-refractivity contribution is -0.115. The Hall–Kier alpha value is -1.98. The fraction of sp³-hybridized carbons (Fsp3) is 0.125. The first-order valence-corrected chi connectivity index (χ1v) is 8.37. The van der Waals surface area contributed by atoms with Crippen molar-refractivity contribution in [3.05, 3.63) is 57.7 Å². The molecule has 0 radical (unpaired) electrons. The fourth-order valence-corrected chi connectivity index (χ4v) is 3.51. The summed E-state index contributed by atoms with van der Waals surface area (Å²) in [6.07, 6.45) is 0.301. The van der Waals surface area contributed by atoms with E-state index in [0.717, 1.165) is 27.5 Å². The number of anilines is 1. The Morgan fingerprint density at radius 2 is 2.10 bits per heavy atom. The molecule has 0 saturated carbocycles. The summed E-state index contributed by atoms with van der Waals surface area (Å²) in [7, 11) is 0. The van der Waals surface area contributed by atoms with Crippen LogP contribution in [0.3, 0.4) is 0 Å². The Bertz CT molecular complexity index is 747. The molecule has 0 saturated heterocycles. The summed E-state index contributed by atoms with van der Waals surface area (Å²) in [5.74, 6) is -0.0357. The van der Waals surface area contributed by atoms with Crippen molar-refractivity contribution in [3.8, 4) is 10.6 Å². The van der Waals surface area contributed by atoms with Gasteiger partial charge in [0.25, 0.3) is 0 Å². The molecule has 106 valence electrons. The zero-order valence-corrected chi connectivity index (χ0v) is 13.1. The zero-order valence-electron chi connectivity index (χ0n) is 11.5. The van der Waals surface area contributed by atoms with Crippen molar-refractivity contribution < 1.29 is 4.79 Å². The normalized spacial score (nSPS) is 10.5. The van der Waals surface area contributed by atoms with E-state index in [9.17, 15) is 4.79 Å². The van der Waals surface area contributed by atoms with Gasteiger partial charge >= 0.3 is 0 Å². The molecule has 3 aromatic rings. The topological polar surface area (TPSA) is 42.0 Å². The second-order valence-corrected chi connectivity index (χ2v) is 6.33. The van der Waals surface area contributed by atoms with Gasteiger partial charge in [-0.1, -0.05) is 18.2 Å². The minimum Gasteiger partial charge on any atom is -0.326 e. The van der Waals surface area contributed by atoms with E-state index in [2.05, 4.69) is 15.7 Å². The van der Waals surface area contributed by atoms with Crippen molar-refractivity contribution in [2.45, 2.75) is 13.3 Å². The standard InChI is InChI=1S/C16H14N2OS2/c1-11-4-2-3-5-14(11)18-15(19)8-13-10-21-16(17-13)12-6-7-20-9-12/h2-7,9-10H,8H2,1H3,(H,18,19). The minimum absolute atomic E-state index is 0.0357. The Morgan fingerprint density at radius 3 is 2.86 bits per heavy atom. The predicted molar refractivity (Wildman–Crippen MR) is 88.9 cm³/mol. The zero-order chi connectivity index (χ0) is 14.7. The minimum atomic E-state index is -0.0357. The third-order valence-electron chi connectivity index (χ3n) is 3.08. The lowest BCUT2D eigenvalue weighted by Gasteiger charge is -2.06. The van der Waals surface area contributed by atoms with Crippen LogP contribution < -0.4 is 5.32 Å². The molecule has 0 fully saturated rings. The molecule has 5 heteroatoms. The number of thiazole rings is 1. The van der Waals surface area contributed by atoms with E-state index < -0.39 is 0 Å². The van der Waals surface area contributed by atoms with E-state index in [-0.39, 0.29) is 5.91 Å². The first kappa shape index (κ1) is 14.0. The van der Waals surface area contributed by atoms with Crippen molar-refractivity contribution in [2.75, 3.05) is 5.32 Å². The maximum absolute atomic E-state index is 12.1. The van der Waals surface area contributed by atoms with Crippen LogP contribution in [-0.4, -0.2) is 10.9 Å². The molecule has 1 amide bonds. The van der Waals surface area contributed by atoms with Gasteiger partial charge in [-0.2, -0.15) is 11.3 Å². The molecule has 0 bridgehead atoms. The SMILES string of the molecule is Cc1ccccc1NC(=O)Cc1csc(-c2ccsc2)n1. The molecular formula is C16H14N2OS2. The molecule has 0 aliphatic rings. The van der Waals surface area contributed by atoms with E-state index in [1.54, 1.807) is 22.7 Å². The first-order chi connectivity index (χ1) is 10.2. The molecule has 0 unspecified atom stereocenters. The molecule has 0 atom stereocenters. The number of benzene rings is 1. The molecule has 0 aliphatic heterocycles. The number of aromatic nitrogens is 1. The van der Waals surface area contributed by atoms with Crippen molar-refractivity contribution in [2.24, 2.45) is 0 Å². The van der Waals surface area contributed by atoms with E-state index >= 15 is 0 Å². The predicted octanol–water partition coefficient (Wildman–Crippen LogP) is 4.36. The van der Waals surface area contributed by atoms with Crippen LogP contribution in [0.15, 0.2) is 46.5 Å². The number of hydrogen-bond acceptors (Lipinski definition) is 4. The number of carbonyl (C=O) groups excluding carboxylic acids is 1. The summed E-state index contributed by atoms with van der Waals surface area (Å²) in [5.41, 5.74) is 3.85. The molecule has 3 nitrogen and oxygen atoms in total. The van der Waals surface area contributed by atoms with Crippen molar-refractivity contribution in [1.29, 1.82) is 0 Å². The Balaban J connectivity index is 1.67. The van der Waals surface area contributed by atoms with Crippen LogP contribution in [0.4, 0.5) is 5.69 Å². The summed E-state index contributed by atoms with van der Waals surface area (Å²) in [5, 5.41) is 9.94. The maximum atomic E-state index is 12.1. The van der Waals surface area contributed by atoms with E-state index in [1.807, 2.05) is 48.0 Å². The molecule has 0 aliphatic carbocycles. The highest BCUT2D eigenvalue weighted by Crippen LogP contribution is 2.26. The van der Waals surface area contributed by atoms with Gasteiger partial charge in [-0.25, -0.2) is 4.98 Å². The van der Waals surface area contributed by atoms with Crippen LogP contribution >= 0.6 is 22.7 Å². The van der Waals surface area contributed by atoms with Crippen LogP contribution in [0.2, 0.25) is 0 Å². The summed E-state index contributed by atoms with van der Waals surface area (Å²) in [6, 6.07) is 9.80. The highest BCUT2D eigenvalue weighted by Gasteiger charge is 2.10. The quantitative estimate of drug-likeness (QED) is 0.777. The molecule has 21 heavy (non-hydrogen) atoms. The lowest BCUT2D eigenvalue weighted by atomic mass is 10.2. The Kier molecular flexibility index (Phi) is 4.13. The van der Waals surface area contributed by atoms with E-state index in [0.29, 0.717) is 6.42 Å². The number of carbonyl (C=O) groups is 1. The highest BCUT2D eigenvalue weighted by molar-refractivity contribution is 7.14. The third-order valence-corrected chi connectivity index (χ3v) is 4.70. The maximum Gasteiger partial charge on any atom is 0.230 e. The van der Waals surface area contributed by atoms with Crippen LogP contribution in [0.1, 0.15) is 11.3 Å². The monoisotopic (exact) mass is 314 g/mol. The number of para-hydroxylation sites is 1. The molecule has 3 rings (SSSR count). The van der Waals surface area contributed by atoms with Gasteiger partial charge in [0.2, 0.25) is 5.91 Å². The second-order valence-electron chi connectivity index (χ2n) is 4.70. The van der Waals surface area contributed by atoms with Crippen LogP contribution in [0.25, 0.3) is 10.6 Å². The van der Waals surface area contributed by atoms with Gasteiger partial charge in [0.05, 0.1) is 12.1 Å². The highest BCUT2D eigenvalue weighted by atomic mass is 32.1. The first-order valence-electron chi connectivity index (χ1n) is 6.55. The summed E-state index contributed by atoms with van der Waals surface area (Å²) in [6.45, 7) is 1.98. The number of aryl methyl sites for hydroxylation is 1. The van der Waals surface area contributed by atoms with Crippen LogP contribution in [-0.2, 0) is 11.2 Å². The van der Waals surface area contributed by atoms with Gasteiger partial charge < -0.3 is 5.32 Å². The largest absolute Gasteiger partial charge is 0.326 e. The fourth-order valence-electron chi connectivity index (χ4n) is 1.98. The van der Waals surface area contributed by atoms with Gasteiger partial charge in [-0.3, -0.25) is 4.79 Å². The second kappa shape index (κ2) is 6.20. The van der Waals surface area contributed by atoms with Crippen molar-refractivity contribution in [1.82, 2.24) is 4.98 Å². The average Bonchev–Trinajstić information content (AvgIpc) is 3.12. The van der Waals surface area contributed by atoms with Crippen molar-refractivity contribution in [3.63, 3.8) is 0 Å². The Labute approximate surface area is 131 Å². The number of amides is 1. The summed E-state index contributed by atoms with van der Waals surface area (Å²) >= 11 is 3.22.